The molecule has 90 valence electrons. The van der Waals surface area contributed by atoms with Crippen LogP contribution in [0.25, 0.3) is 0 Å². The third kappa shape index (κ3) is 2.33. The highest BCUT2D eigenvalue weighted by Crippen LogP contribution is 2.39. The van der Waals surface area contributed by atoms with Crippen molar-refractivity contribution in [2.24, 2.45) is 5.92 Å². The van der Waals surface area contributed by atoms with Crippen LogP contribution in [0.15, 0.2) is 18.2 Å². The highest BCUT2D eigenvalue weighted by molar-refractivity contribution is 6.30. The summed E-state index contributed by atoms with van der Waals surface area (Å²) in [5, 5.41) is 11.3. The van der Waals surface area contributed by atoms with Gasteiger partial charge in [-0.3, -0.25) is 0 Å². The Bertz CT molecular complexity index is 363. The SMILES string of the molecule is CCC(O)(c1cc(Cl)ccc1OC)C(C)C. The Balaban J connectivity index is 3.33. The molecule has 0 heterocycles. The van der Waals surface area contributed by atoms with Gasteiger partial charge in [0.25, 0.3) is 0 Å². The molecule has 16 heavy (non-hydrogen) atoms. The van der Waals surface area contributed by atoms with Gasteiger partial charge in [-0.25, -0.2) is 0 Å². The first-order valence-corrected chi connectivity index (χ1v) is 5.89. The second kappa shape index (κ2) is 5.07. The minimum Gasteiger partial charge on any atom is -0.496 e. The van der Waals surface area contributed by atoms with Crippen LogP contribution in [0.3, 0.4) is 0 Å². The van der Waals surface area contributed by atoms with Crippen LogP contribution in [-0.4, -0.2) is 12.2 Å². The van der Waals surface area contributed by atoms with Gasteiger partial charge in [0.2, 0.25) is 0 Å². The summed E-state index contributed by atoms with van der Waals surface area (Å²) < 4.78 is 5.28. The molecule has 0 aromatic heterocycles. The molecular formula is C13H19ClO2. The largest absolute Gasteiger partial charge is 0.496 e. The fraction of sp³-hybridized carbons (Fsp3) is 0.538. The van der Waals surface area contributed by atoms with Crippen molar-refractivity contribution in [3.63, 3.8) is 0 Å². The molecule has 0 spiro atoms. The van der Waals surface area contributed by atoms with E-state index < -0.39 is 5.60 Å². The number of ether oxygens (including phenoxy) is 1. The molecule has 0 fully saturated rings. The van der Waals surface area contributed by atoms with Crippen molar-refractivity contribution in [3.8, 4) is 5.75 Å². The van der Waals surface area contributed by atoms with Crippen LogP contribution in [0, 0.1) is 5.92 Å². The van der Waals surface area contributed by atoms with Crippen molar-refractivity contribution in [3.05, 3.63) is 28.8 Å². The lowest BCUT2D eigenvalue weighted by Gasteiger charge is -2.33. The van der Waals surface area contributed by atoms with Crippen molar-refractivity contribution in [1.29, 1.82) is 0 Å². The predicted octanol–water partition coefficient (Wildman–Crippen LogP) is 3.60. The maximum absolute atomic E-state index is 10.7. The van der Waals surface area contributed by atoms with Gasteiger partial charge in [0, 0.05) is 10.6 Å². The summed E-state index contributed by atoms with van der Waals surface area (Å²) in [5.74, 6) is 0.785. The summed E-state index contributed by atoms with van der Waals surface area (Å²) in [7, 11) is 1.60. The van der Waals surface area contributed by atoms with Crippen molar-refractivity contribution >= 4 is 11.6 Å². The number of rotatable bonds is 4. The smallest absolute Gasteiger partial charge is 0.125 e. The number of aliphatic hydroxyl groups is 1. The molecule has 1 rings (SSSR count). The molecule has 3 heteroatoms. The van der Waals surface area contributed by atoms with Gasteiger partial charge in [0.1, 0.15) is 5.75 Å². The molecule has 0 aliphatic carbocycles. The lowest BCUT2D eigenvalue weighted by molar-refractivity contribution is -0.0159. The minimum absolute atomic E-state index is 0.102. The molecule has 0 aliphatic rings. The van der Waals surface area contributed by atoms with E-state index in [2.05, 4.69) is 0 Å². The maximum Gasteiger partial charge on any atom is 0.125 e. The minimum atomic E-state index is -0.893. The van der Waals surface area contributed by atoms with Crippen LogP contribution >= 0.6 is 11.6 Å². The average molecular weight is 243 g/mol. The standard InChI is InChI=1S/C13H19ClO2/c1-5-13(15,9(2)3)11-8-10(14)6-7-12(11)16-4/h6-9,15H,5H2,1-4H3. The van der Waals surface area contributed by atoms with Crippen molar-refractivity contribution in [2.75, 3.05) is 7.11 Å². The molecule has 0 saturated carbocycles. The van der Waals surface area contributed by atoms with Crippen LogP contribution in [0.1, 0.15) is 32.8 Å². The van der Waals surface area contributed by atoms with E-state index in [-0.39, 0.29) is 5.92 Å². The van der Waals surface area contributed by atoms with Crippen LogP contribution in [0.5, 0.6) is 5.75 Å². The van der Waals surface area contributed by atoms with Gasteiger partial charge in [0.05, 0.1) is 12.7 Å². The van der Waals surface area contributed by atoms with E-state index in [1.54, 1.807) is 25.3 Å². The van der Waals surface area contributed by atoms with E-state index in [0.717, 1.165) is 5.56 Å². The summed E-state index contributed by atoms with van der Waals surface area (Å²) in [4.78, 5) is 0. The second-order valence-corrected chi connectivity index (χ2v) is 4.71. The Morgan fingerprint density at radius 2 is 2.06 bits per heavy atom. The summed E-state index contributed by atoms with van der Waals surface area (Å²) >= 11 is 5.97. The zero-order valence-corrected chi connectivity index (χ0v) is 11.0. The van der Waals surface area contributed by atoms with Gasteiger partial charge in [-0.1, -0.05) is 32.4 Å². The number of hydrogen-bond donors (Lipinski definition) is 1. The molecule has 1 unspecified atom stereocenters. The fourth-order valence-electron chi connectivity index (χ4n) is 1.93. The maximum atomic E-state index is 10.7. The third-order valence-corrected chi connectivity index (χ3v) is 3.36. The summed E-state index contributed by atoms with van der Waals surface area (Å²) in [6.07, 6.45) is 0.626. The second-order valence-electron chi connectivity index (χ2n) is 4.28. The first kappa shape index (κ1) is 13.3. The molecule has 0 radical (unpaired) electrons. The fourth-order valence-corrected chi connectivity index (χ4v) is 2.10. The topological polar surface area (TPSA) is 29.5 Å². The van der Waals surface area contributed by atoms with Crippen molar-refractivity contribution in [1.82, 2.24) is 0 Å². The molecule has 0 bridgehead atoms. The van der Waals surface area contributed by atoms with Crippen molar-refractivity contribution in [2.45, 2.75) is 32.8 Å². The molecule has 1 aromatic rings. The zero-order chi connectivity index (χ0) is 12.3. The Morgan fingerprint density at radius 3 is 2.50 bits per heavy atom. The highest BCUT2D eigenvalue weighted by Gasteiger charge is 2.34. The summed E-state index contributed by atoms with van der Waals surface area (Å²) in [6.45, 7) is 5.94. The van der Waals surface area contributed by atoms with Crippen LogP contribution in [-0.2, 0) is 5.60 Å². The number of halogens is 1. The van der Waals surface area contributed by atoms with Crippen LogP contribution in [0.2, 0.25) is 5.02 Å². The molecule has 0 amide bonds. The third-order valence-electron chi connectivity index (χ3n) is 3.12. The highest BCUT2D eigenvalue weighted by atomic mass is 35.5. The van der Waals surface area contributed by atoms with Gasteiger partial charge < -0.3 is 9.84 Å². The van der Waals surface area contributed by atoms with E-state index in [4.69, 9.17) is 16.3 Å². The van der Waals surface area contributed by atoms with E-state index in [9.17, 15) is 5.11 Å². The van der Waals surface area contributed by atoms with Gasteiger partial charge >= 0.3 is 0 Å². The molecule has 2 nitrogen and oxygen atoms in total. The molecular weight excluding hydrogens is 224 g/mol. The molecule has 1 N–H and O–H groups in total. The van der Waals surface area contributed by atoms with Gasteiger partial charge in [0.15, 0.2) is 0 Å². The Kier molecular flexibility index (Phi) is 4.22. The number of methoxy groups -OCH3 is 1. The number of benzene rings is 1. The number of hydrogen-bond acceptors (Lipinski definition) is 2. The predicted molar refractivity (Wildman–Crippen MR) is 67.0 cm³/mol. The normalized spacial score (nSPS) is 14.9. The van der Waals surface area contributed by atoms with Gasteiger partial charge in [-0.15, -0.1) is 0 Å². The quantitative estimate of drug-likeness (QED) is 0.874. The molecule has 1 atom stereocenters. The molecule has 0 aliphatic heterocycles. The summed E-state index contributed by atoms with van der Waals surface area (Å²) in [6, 6.07) is 5.34. The first-order valence-electron chi connectivity index (χ1n) is 5.52. The lowest BCUT2D eigenvalue weighted by atomic mass is 9.81. The van der Waals surface area contributed by atoms with E-state index in [1.807, 2.05) is 20.8 Å². The van der Waals surface area contributed by atoms with E-state index >= 15 is 0 Å². The Morgan fingerprint density at radius 1 is 1.44 bits per heavy atom. The Labute approximate surface area is 102 Å². The Hall–Kier alpha value is -0.730. The van der Waals surface area contributed by atoms with E-state index in [0.29, 0.717) is 17.2 Å². The van der Waals surface area contributed by atoms with Gasteiger partial charge in [-0.2, -0.15) is 0 Å². The van der Waals surface area contributed by atoms with Crippen LogP contribution in [0.4, 0.5) is 0 Å². The van der Waals surface area contributed by atoms with E-state index in [1.165, 1.54) is 0 Å². The van der Waals surface area contributed by atoms with Crippen molar-refractivity contribution < 1.29 is 9.84 Å². The first-order chi connectivity index (χ1) is 7.45. The molecule has 1 aromatic carbocycles. The van der Waals surface area contributed by atoms with Crippen LogP contribution < -0.4 is 4.74 Å². The zero-order valence-electron chi connectivity index (χ0n) is 10.2. The average Bonchev–Trinajstić information content (AvgIpc) is 2.27. The van der Waals surface area contributed by atoms with Gasteiger partial charge in [-0.05, 0) is 30.5 Å². The molecule has 0 saturated heterocycles. The lowest BCUT2D eigenvalue weighted by Crippen LogP contribution is -2.31. The monoisotopic (exact) mass is 242 g/mol. The summed E-state index contributed by atoms with van der Waals surface area (Å²) in [5.41, 5.74) is -0.129.